The number of fused-ring (bicyclic) bond motifs is 1. The minimum Gasteiger partial charge on any atom is -0.364 e. The van der Waals surface area contributed by atoms with E-state index in [4.69, 9.17) is 0 Å². The summed E-state index contributed by atoms with van der Waals surface area (Å²) in [5.41, 5.74) is 4.00. The van der Waals surface area contributed by atoms with Crippen molar-refractivity contribution in [1.29, 1.82) is 0 Å². The zero-order valence-electron chi connectivity index (χ0n) is 13.6. The molecule has 0 saturated heterocycles. The van der Waals surface area contributed by atoms with Crippen molar-refractivity contribution in [1.82, 2.24) is 0 Å². The van der Waals surface area contributed by atoms with Crippen molar-refractivity contribution in [2.24, 2.45) is 0 Å². The Balaban J connectivity index is 2.32. The van der Waals surface area contributed by atoms with Gasteiger partial charge < -0.3 is 4.90 Å². The van der Waals surface area contributed by atoms with Crippen LogP contribution in [0.1, 0.15) is 27.7 Å². The van der Waals surface area contributed by atoms with Gasteiger partial charge in [0.1, 0.15) is 0 Å². The van der Waals surface area contributed by atoms with E-state index < -0.39 is 0 Å². The third-order valence-electron chi connectivity index (χ3n) is 3.54. The van der Waals surface area contributed by atoms with E-state index in [-0.39, 0.29) is 0 Å². The van der Waals surface area contributed by atoms with Crippen LogP contribution in [0.25, 0.3) is 10.8 Å². The predicted molar refractivity (Wildman–Crippen MR) is 95.0 cm³/mol. The number of nitrogens with zero attached hydrogens (tertiary/aromatic N) is 1. The van der Waals surface area contributed by atoms with Crippen LogP contribution in [0.15, 0.2) is 65.8 Å². The molecule has 0 aliphatic carbocycles. The maximum atomic E-state index is 2.41. The highest BCUT2D eigenvalue weighted by atomic mass is 15.1. The molecule has 2 aromatic carbocycles. The molecule has 0 heterocycles. The van der Waals surface area contributed by atoms with Gasteiger partial charge in [-0.05, 0) is 50.6 Å². The molecular weight excluding hydrogens is 254 g/mol. The van der Waals surface area contributed by atoms with Crippen molar-refractivity contribution in [3.63, 3.8) is 0 Å². The Morgan fingerprint density at radius 2 is 1.38 bits per heavy atom. The van der Waals surface area contributed by atoms with E-state index in [2.05, 4.69) is 87.2 Å². The fourth-order valence-electron chi connectivity index (χ4n) is 2.24. The Morgan fingerprint density at radius 3 is 1.95 bits per heavy atom. The minimum absolute atomic E-state index is 0.949. The maximum absolute atomic E-state index is 2.41. The molecule has 0 atom stereocenters. The first kappa shape index (κ1) is 15.4. The van der Waals surface area contributed by atoms with E-state index in [0.29, 0.717) is 0 Å². The zero-order valence-corrected chi connectivity index (χ0v) is 13.6. The lowest BCUT2D eigenvalue weighted by atomic mass is 10.1. The van der Waals surface area contributed by atoms with Crippen molar-refractivity contribution in [2.45, 2.75) is 27.7 Å². The Hall–Kier alpha value is -2.02. The molecule has 2 aromatic rings. The number of anilines is 1. The molecule has 0 amide bonds. The summed E-state index contributed by atoms with van der Waals surface area (Å²) in [6.45, 7) is 10.5. The number of hydrogen-bond donors (Lipinski definition) is 0. The fourth-order valence-corrected chi connectivity index (χ4v) is 2.24. The van der Waals surface area contributed by atoms with Gasteiger partial charge in [0.15, 0.2) is 0 Å². The largest absolute Gasteiger partial charge is 0.364 e. The smallest absolute Gasteiger partial charge is 0.0378 e. The Bertz CT molecular complexity index is 636. The van der Waals surface area contributed by atoms with Crippen LogP contribution in [0.2, 0.25) is 0 Å². The highest BCUT2D eigenvalue weighted by molar-refractivity contribution is 5.85. The molecule has 0 N–H and O–H groups in total. The number of rotatable bonds is 5. The van der Waals surface area contributed by atoms with Gasteiger partial charge in [-0.1, -0.05) is 53.6 Å². The second-order valence-electron chi connectivity index (χ2n) is 6.00. The van der Waals surface area contributed by atoms with Crippen molar-refractivity contribution < 1.29 is 0 Å². The zero-order chi connectivity index (χ0) is 15.2. The van der Waals surface area contributed by atoms with Crippen LogP contribution in [0, 0.1) is 0 Å². The van der Waals surface area contributed by atoms with Gasteiger partial charge in [0, 0.05) is 18.8 Å². The van der Waals surface area contributed by atoms with Gasteiger partial charge in [0.25, 0.3) is 0 Å². The maximum Gasteiger partial charge on any atom is 0.0378 e. The first-order valence-electron chi connectivity index (χ1n) is 7.57. The van der Waals surface area contributed by atoms with Gasteiger partial charge in [0.05, 0.1) is 0 Å². The van der Waals surface area contributed by atoms with Crippen molar-refractivity contribution in [3.8, 4) is 0 Å². The van der Waals surface area contributed by atoms with Crippen LogP contribution in [-0.4, -0.2) is 13.1 Å². The normalized spacial score (nSPS) is 10.3. The summed E-state index contributed by atoms with van der Waals surface area (Å²) < 4.78 is 0. The van der Waals surface area contributed by atoms with Crippen LogP contribution in [0.3, 0.4) is 0 Å². The lowest BCUT2D eigenvalue weighted by Crippen LogP contribution is -2.23. The average molecular weight is 279 g/mol. The molecule has 21 heavy (non-hydrogen) atoms. The monoisotopic (exact) mass is 279 g/mol. The Labute approximate surface area is 128 Å². The van der Waals surface area contributed by atoms with E-state index in [1.165, 1.54) is 27.6 Å². The summed E-state index contributed by atoms with van der Waals surface area (Å²) in [7, 11) is 0. The number of benzene rings is 2. The molecule has 1 heteroatoms. The van der Waals surface area contributed by atoms with Gasteiger partial charge in [-0.15, -0.1) is 0 Å². The van der Waals surface area contributed by atoms with Crippen LogP contribution >= 0.6 is 0 Å². The van der Waals surface area contributed by atoms with E-state index >= 15 is 0 Å². The van der Waals surface area contributed by atoms with Crippen LogP contribution < -0.4 is 4.90 Å². The van der Waals surface area contributed by atoms with Gasteiger partial charge in [-0.2, -0.15) is 0 Å². The molecule has 0 aliphatic rings. The molecular formula is C20H25N. The third-order valence-corrected chi connectivity index (χ3v) is 3.54. The third kappa shape index (κ3) is 4.49. The Morgan fingerprint density at radius 1 is 0.810 bits per heavy atom. The van der Waals surface area contributed by atoms with Crippen LogP contribution in [0.5, 0.6) is 0 Å². The van der Waals surface area contributed by atoms with E-state index in [1.54, 1.807) is 0 Å². The molecule has 0 unspecified atom stereocenters. The summed E-state index contributed by atoms with van der Waals surface area (Å²) in [6, 6.07) is 15.2. The van der Waals surface area contributed by atoms with E-state index in [0.717, 1.165) is 13.1 Å². The SMILES string of the molecule is CC(C)=CCN(CC=C(C)C)c1ccc2ccccc2c1. The molecule has 0 bridgehead atoms. The van der Waals surface area contributed by atoms with Gasteiger partial charge in [0.2, 0.25) is 0 Å². The van der Waals surface area contributed by atoms with E-state index in [1.807, 2.05) is 0 Å². The molecule has 0 spiro atoms. The second kappa shape index (κ2) is 7.12. The first-order chi connectivity index (χ1) is 10.1. The molecule has 0 radical (unpaired) electrons. The minimum atomic E-state index is 0.949. The number of allylic oxidation sites excluding steroid dienone is 2. The predicted octanol–water partition coefficient (Wildman–Crippen LogP) is 5.58. The summed E-state index contributed by atoms with van der Waals surface area (Å²) in [5, 5.41) is 2.60. The topological polar surface area (TPSA) is 3.24 Å². The first-order valence-corrected chi connectivity index (χ1v) is 7.57. The number of hydrogen-bond acceptors (Lipinski definition) is 1. The second-order valence-corrected chi connectivity index (χ2v) is 6.00. The summed E-state index contributed by atoms with van der Waals surface area (Å²) in [5.74, 6) is 0. The van der Waals surface area contributed by atoms with Gasteiger partial charge in [-0.3, -0.25) is 0 Å². The molecule has 0 fully saturated rings. The van der Waals surface area contributed by atoms with Crippen molar-refractivity contribution in [2.75, 3.05) is 18.0 Å². The molecule has 0 saturated carbocycles. The standard InChI is InChI=1S/C20H25N/c1-16(2)11-13-21(14-12-17(3)4)20-10-9-18-7-5-6-8-19(18)15-20/h5-12,15H,13-14H2,1-4H3. The van der Waals surface area contributed by atoms with Crippen molar-refractivity contribution in [3.05, 3.63) is 65.8 Å². The molecule has 2 rings (SSSR count). The molecule has 0 aromatic heterocycles. The highest BCUT2D eigenvalue weighted by Crippen LogP contribution is 2.22. The summed E-state index contributed by atoms with van der Waals surface area (Å²) in [6.07, 6.45) is 4.57. The summed E-state index contributed by atoms with van der Waals surface area (Å²) >= 11 is 0. The Kier molecular flexibility index (Phi) is 5.21. The average Bonchev–Trinajstić information content (AvgIpc) is 2.46. The molecule has 110 valence electrons. The van der Waals surface area contributed by atoms with Crippen LogP contribution in [0.4, 0.5) is 5.69 Å². The van der Waals surface area contributed by atoms with E-state index in [9.17, 15) is 0 Å². The fraction of sp³-hybridized carbons (Fsp3) is 0.300. The van der Waals surface area contributed by atoms with Crippen LogP contribution in [-0.2, 0) is 0 Å². The lowest BCUT2D eigenvalue weighted by molar-refractivity contribution is 0.942. The van der Waals surface area contributed by atoms with Gasteiger partial charge >= 0.3 is 0 Å². The molecule has 0 aliphatic heterocycles. The lowest BCUT2D eigenvalue weighted by Gasteiger charge is -2.23. The quantitative estimate of drug-likeness (QED) is 0.646. The summed E-state index contributed by atoms with van der Waals surface area (Å²) in [4.78, 5) is 2.41. The molecule has 1 nitrogen and oxygen atoms in total. The van der Waals surface area contributed by atoms with Gasteiger partial charge in [-0.25, -0.2) is 0 Å². The van der Waals surface area contributed by atoms with Crippen molar-refractivity contribution >= 4 is 16.5 Å². The highest BCUT2D eigenvalue weighted by Gasteiger charge is 2.04.